The topological polar surface area (TPSA) is 35.5 Å². The summed E-state index contributed by atoms with van der Waals surface area (Å²) >= 11 is 11.9. The molecule has 2 rings (SSSR count). The van der Waals surface area contributed by atoms with Crippen molar-refractivity contribution in [1.82, 2.24) is 0 Å². The zero-order valence-corrected chi connectivity index (χ0v) is 11.5. The van der Waals surface area contributed by atoms with Crippen molar-refractivity contribution in [3.8, 4) is 11.5 Å². The smallest absolute Gasteiger partial charge is 0.343 e. The van der Waals surface area contributed by atoms with Gasteiger partial charge in [-0.15, -0.1) is 0 Å². The SMILES string of the molecule is COc1ccc(C(=O)Oc2ccccc2Cl)cc1Cl. The van der Waals surface area contributed by atoms with Crippen LogP contribution in [0.1, 0.15) is 10.4 Å². The highest BCUT2D eigenvalue weighted by Gasteiger charge is 2.12. The molecule has 2 aromatic carbocycles. The molecule has 98 valence electrons. The van der Waals surface area contributed by atoms with Gasteiger partial charge in [0.25, 0.3) is 0 Å². The van der Waals surface area contributed by atoms with E-state index in [0.29, 0.717) is 27.1 Å². The van der Waals surface area contributed by atoms with Crippen LogP contribution in [-0.2, 0) is 0 Å². The lowest BCUT2D eigenvalue weighted by Gasteiger charge is -2.07. The number of methoxy groups -OCH3 is 1. The van der Waals surface area contributed by atoms with Gasteiger partial charge >= 0.3 is 5.97 Å². The van der Waals surface area contributed by atoms with Crippen LogP contribution < -0.4 is 9.47 Å². The van der Waals surface area contributed by atoms with Crippen LogP contribution in [0.3, 0.4) is 0 Å². The fourth-order valence-electron chi connectivity index (χ4n) is 1.48. The van der Waals surface area contributed by atoms with E-state index >= 15 is 0 Å². The quantitative estimate of drug-likeness (QED) is 0.628. The Kier molecular flexibility index (Phi) is 4.30. The molecule has 3 nitrogen and oxygen atoms in total. The number of halogens is 2. The van der Waals surface area contributed by atoms with Crippen LogP contribution in [0.5, 0.6) is 11.5 Å². The van der Waals surface area contributed by atoms with E-state index in [4.69, 9.17) is 32.7 Å². The standard InChI is InChI=1S/C14H10Cl2O3/c1-18-12-7-6-9(8-11(12)16)14(17)19-13-5-3-2-4-10(13)15/h2-8H,1H3. The minimum atomic E-state index is -0.530. The molecule has 0 N–H and O–H groups in total. The Morgan fingerprint density at radius 1 is 1.00 bits per heavy atom. The molecule has 19 heavy (non-hydrogen) atoms. The van der Waals surface area contributed by atoms with Crippen LogP contribution >= 0.6 is 23.2 Å². The van der Waals surface area contributed by atoms with E-state index in [1.807, 2.05) is 0 Å². The molecule has 0 aliphatic carbocycles. The number of benzene rings is 2. The van der Waals surface area contributed by atoms with E-state index in [2.05, 4.69) is 0 Å². The van der Waals surface area contributed by atoms with E-state index in [1.165, 1.54) is 13.2 Å². The third-order valence-electron chi connectivity index (χ3n) is 2.43. The second-order valence-electron chi connectivity index (χ2n) is 3.67. The van der Waals surface area contributed by atoms with Crippen molar-refractivity contribution in [2.24, 2.45) is 0 Å². The number of carbonyl (C=O) groups is 1. The van der Waals surface area contributed by atoms with Gasteiger partial charge in [0.2, 0.25) is 0 Å². The molecule has 0 aliphatic heterocycles. The summed E-state index contributed by atoms with van der Waals surface area (Å²) in [5.74, 6) is 0.273. The fourth-order valence-corrected chi connectivity index (χ4v) is 1.91. The van der Waals surface area contributed by atoms with Gasteiger partial charge in [-0.05, 0) is 30.3 Å². The summed E-state index contributed by atoms with van der Waals surface area (Å²) in [5, 5.41) is 0.714. The third kappa shape index (κ3) is 3.19. The summed E-state index contributed by atoms with van der Waals surface area (Å²) in [6.45, 7) is 0. The largest absolute Gasteiger partial charge is 0.495 e. The summed E-state index contributed by atoms with van der Waals surface area (Å²) in [6, 6.07) is 11.4. The normalized spacial score (nSPS) is 10.1. The molecule has 0 heterocycles. The Morgan fingerprint density at radius 2 is 1.74 bits per heavy atom. The number of rotatable bonds is 3. The Balaban J connectivity index is 2.21. The van der Waals surface area contributed by atoms with Crippen LogP contribution in [0.2, 0.25) is 10.0 Å². The minimum absolute atomic E-state index is 0.307. The number of para-hydroxylation sites is 1. The highest BCUT2D eigenvalue weighted by atomic mass is 35.5. The summed E-state index contributed by atoms with van der Waals surface area (Å²) < 4.78 is 10.2. The van der Waals surface area contributed by atoms with Crippen LogP contribution in [0, 0.1) is 0 Å². The van der Waals surface area contributed by atoms with Gasteiger partial charge in [-0.25, -0.2) is 4.79 Å². The summed E-state index contributed by atoms with van der Waals surface area (Å²) in [4.78, 5) is 11.9. The second-order valence-corrected chi connectivity index (χ2v) is 4.48. The average Bonchev–Trinajstić information content (AvgIpc) is 2.41. The molecule has 0 fully saturated rings. The molecule has 0 amide bonds. The predicted octanol–water partition coefficient (Wildman–Crippen LogP) is 4.22. The van der Waals surface area contributed by atoms with E-state index in [9.17, 15) is 4.79 Å². The van der Waals surface area contributed by atoms with Gasteiger partial charge in [0.15, 0.2) is 0 Å². The number of hydrogen-bond donors (Lipinski definition) is 0. The Hall–Kier alpha value is -1.71. The van der Waals surface area contributed by atoms with Crippen molar-refractivity contribution in [3.63, 3.8) is 0 Å². The molecular formula is C14H10Cl2O3. The predicted molar refractivity (Wildman–Crippen MR) is 74.4 cm³/mol. The third-order valence-corrected chi connectivity index (χ3v) is 3.03. The maximum absolute atomic E-state index is 11.9. The summed E-state index contributed by atoms with van der Waals surface area (Å²) in [6.07, 6.45) is 0. The van der Waals surface area contributed by atoms with E-state index in [-0.39, 0.29) is 0 Å². The van der Waals surface area contributed by atoms with Gasteiger partial charge < -0.3 is 9.47 Å². The van der Waals surface area contributed by atoms with Crippen molar-refractivity contribution >= 4 is 29.2 Å². The lowest BCUT2D eigenvalue weighted by atomic mass is 10.2. The maximum atomic E-state index is 11.9. The molecule has 0 saturated heterocycles. The highest BCUT2D eigenvalue weighted by molar-refractivity contribution is 6.32. The van der Waals surface area contributed by atoms with Gasteiger partial charge in [-0.1, -0.05) is 35.3 Å². The lowest BCUT2D eigenvalue weighted by molar-refractivity contribution is 0.0735. The number of hydrogen-bond acceptors (Lipinski definition) is 3. The maximum Gasteiger partial charge on any atom is 0.343 e. The molecule has 0 aromatic heterocycles. The monoisotopic (exact) mass is 296 g/mol. The van der Waals surface area contributed by atoms with Crippen molar-refractivity contribution in [2.75, 3.05) is 7.11 Å². The van der Waals surface area contributed by atoms with Gasteiger partial charge in [-0.2, -0.15) is 0 Å². The van der Waals surface area contributed by atoms with Crippen LogP contribution in [0.25, 0.3) is 0 Å². The second kappa shape index (κ2) is 5.95. The molecule has 0 unspecified atom stereocenters. The lowest BCUT2D eigenvalue weighted by Crippen LogP contribution is -2.08. The van der Waals surface area contributed by atoms with Crippen molar-refractivity contribution < 1.29 is 14.3 Å². The molecule has 0 spiro atoms. The van der Waals surface area contributed by atoms with Crippen LogP contribution in [-0.4, -0.2) is 13.1 Å². The Labute approximate surface area is 120 Å². The van der Waals surface area contributed by atoms with Gasteiger partial charge in [0, 0.05) is 0 Å². The fraction of sp³-hybridized carbons (Fsp3) is 0.0714. The molecular weight excluding hydrogens is 287 g/mol. The molecule has 2 aromatic rings. The molecule has 0 bridgehead atoms. The van der Waals surface area contributed by atoms with Crippen molar-refractivity contribution in [2.45, 2.75) is 0 Å². The average molecular weight is 297 g/mol. The van der Waals surface area contributed by atoms with Crippen LogP contribution in [0.15, 0.2) is 42.5 Å². The van der Waals surface area contributed by atoms with Gasteiger partial charge in [0.1, 0.15) is 11.5 Å². The summed E-state index contributed by atoms with van der Waals surface area (Å²) in [5.41, 5.74) is 0.325. The van der Waals surface area contributed by atoms with E-state index in [1.54, 1.807) is 36.4 Å². The highest BCUT2D eigenvalue weighted by Crippen LogP contribution is 2.27. The van der Waals surface area contributed by atoms with Gasteiger partial charge in [-0.3, -0.25) is 0 Å². The molecule has 0 saturated carbocycles. The Morgan fingerprint density at radius 3 is 2.37 bits per heavy atom. The first-order chi connectivity index (χ1) is 9.11. The molecule has 0 atom stereocenters. The molecule has 0 aliphatic rings. The Bertz CT molecular complexity index is 611. The number of ether oxygens (including phenoxy) is 2. The number of esters is 1. The van der Waals surface area contributed by atoms with Crippen molar-refractivity contribution in [1.29, 1.82) is 0 Å². The van der Waals surface area contributed by atoms with E-state index < -0.39 is 5.97 Å². The van der Waals surface area contributed by atoms with Crippen LogP contribution in [0.4, 0.5) is 0 Å². The van der Waals surface area contributed by atoms with Crippen molar-refractivity contribution in [3.05, 3.63) is 58.1 Å². The zero-order chi connectivity index (χ0) is 13.8. The molecule has 5 heteroatoms. The van der Waals surface area contributed by atoms with E-state index in [0.717, 1.165) is 0 Å². The summed E-state index contributed by atoms with van der Waals surface area (Å²) in [7, 11) is 1.50. The minimum Gasteiger partial charge on any atom is -0.495 e. The van der Waals surface area contributed by atoms with Gasteiger partial charge in [0.05, 0.1) is 22.7 Å². The zero-order valence-electron chi connectivity index (χ0n) is 10.0. The first kappa shape index (κ1) is 13.7. The first-order valence-corrected chi connectivity index (χ1v) is 6.17. The number of carbonyl (C=O) groups excluding carboxylic acids is 1. The molecule has 0 radical (unpaired) electrons. The first-order valence-electron chi connectivity index (χ1n) is 5.42.